The third-order valence-electron chi connectivity index (χ3n) is 6.47. The maximum absolute atomic E-state index is 12.4. The molecule has 0 aromatic heterocycles. The van der Waals surface area contributed by atoms with Gasteiger partial charge in [0.2, 0.25) is 5.91 Å². The molecule has 4 saturated carbocycles. The number of rotatable bonds is 3. The average molecular weight is 262 g/mol. The molecule has 4 bridgehead atoms. The lowest BCUT2D eigenvalue weighted by atomic mass is 9.54. The van der Waals surface area contributed by atoms with E-state index >= 15 is 0 Å². The monoisotopic (exact) mass is 262 g/mol. The summed E-state index contributed by atoms with van der Waals surface area (Å²) < 4.78 is 0. The Morgan fingerprint density at radius 1 is 1.05 bits per heavy atom. The smallest absolute Gasteiger partial charge is 0.223 e. The molecule has 0 aromatic carbocycles. The Morgan fingerprint density at radius 2 is 1.63 bits per heavy atom. The summed E-state index contributed by atoms with van der Waals surface area (Å²) in [6, 6.07) is 0.510. The first-order valence-electron chi connectivity index (χ1n) is 8.21. The topological polar surface area (TPSA) is 41.1 Å². The average Bonchev–Trinajstić information content (AvgIpc) is 2.30. The van der Waals surface area contributed by atoms with Crippen LogP contribution >= 0.6 is 0 Å². The van der Waals surface area contributed by atoms with Gasteiger partial charge < -0.3 is 10.6 Å². The van der Waals surface area contributed by atoms with Gasteiger partial charge in [0.1, 0.15) is 0 Å². The second kappa shape index (κ2) is 4.47. The zero-order chi connectivity index (χ0) is 13.0. The van der Waals surface area contributed by atoms with Crippen molar-refractivity contribution in [3.8, 4) is 0 Å². The first-order valence-corrected chi connectivity index (χ1v) is 8.21. The lowest BCUT2D eigenvalue weighted by molar-refractivity contribution is -0.130. The van der Waals surface area contributed by atoms with Crippen molar-refractivity contribution < 1.29 is 4.79 Å². The Morgan fingerprint density at radius 3 is 2.11 bits per heavy atom. The van der Waals surface area contributed by atoms with E-state index < -0.39 is 0 Å². The Labute approximate surface area is 115 Å². The predicted octanol–water partition coefficient (Wildman–Crippen LogP) is 1.78. The molecule has 106 valence electrons. The van der Waals surface area contributed by atoms with Gasteiger partial charge in [0.25, 0.3) is 0 Å². The van der Waals surface area contributed by atoms with Crippen LogP contribution in [0.15, 0.2) is 0 Å². The van der Waals surface area contributed by atoms with E-state index in [9.17, 15) is 4.79 Å². The minimum Gasteiger partial charge on any atom is -0.353 e. The van der Waals surface area contributed by atoms with Crippen LogP contribution in [0.3, 0.4) is 0 Å². The summed E-state index contributed by atoms with van der Waals surface area (Å²) in [5, 5.41) is 6.72. The highest BCUT2D eigenvalue weighted by molar-refractivity contribution is 5.79. The van der Waals surface area contributed by atoms with Gasteiger partial charge in [-0.2, -0.15) is 0 Å². The molecule has 2 N–H and O–H groups in total. The minimum atomic E-state index is 0.193. The summed E-state index contributed by atoms with van der Waals surface area (Å²) in [6.45, 7) is 4.16. The van der Waals surface area contributed by atoms with Crippen molar-refractivity contribution in [3.63, 3.8) is 0 Å². The first-order chi connectivity index (χ1) is 9.20. The highest BCUT2D eigenvalue weighted by Crippen LogP contribution is 2.53. The summed E-state index contributed by atoms with van der Waals surface area (Å²) in [5.74, 6) is 4.66. The number of hydrogen-bond acceptors (Lipinski definition) is 2. The Hall–Kier alpha value is -0.570. The van der Waals surface area contributed by atoms with Crippen molar-refractivity contribution in [1.82, 2.24) is 10.6 Å². The zero-order valence-electron chi connectivity index (χ0n) is 11.9. The lowest BCUT2D eigenvalue weighted by Gasteiger charge is -2.54. The molecule has 5 rings (SSSR count). The van der Waals surface area contributed by atoms with E-state index in [1.54, 1.807) is 0 Å². The Kier molecular flexibility index (Phi) is 2.87. The fourth-order valence-corrected chi connectivity index (χ4v) is 5.34. The van der Waals surface area contributed by atoms with Gasteiger partial charge in [0, 0.05) is 12.0 Å². The molecule has 3 nitrogen and oxygen atoms in total. The summed E-state index contributed by atoms with van der Waals surface area (Å²) in [5.41, 5.74) is 0. The molecule has 19 heavy (non-hydrogen) atoms. The van der Waals surface area contributed by atoms with E-state index in [1.165, 1.54) is 32.1 Å². The molecule has 5 fully saturated rings. The van der Waals surface area contributed by atoms with Crippen molar-refractivity contribution in [2.75, 3.05) is 13.1 Å². The quantitative estimate of drug-likeness (QED) is 0.814. The minimum absolute atomic E-state index is 0.193. The highest BCUT2D eigenvalue weighted by atomic mass is 16.2. The van der Waals surface area contributed by atoms with Gasteiger partial charge in [-0.05, 0) is 74.8 Å². The SMILES string of the molecule is CC(C(=O)NC1C2CC3CC(C2)CC1C3)C1CNC1. The van der Waals surface area contributed by atoms with Crippen molar-refractivity contribution in [2.24, 2.45) is 35.5 Å². The third-order valence-corrected chi connectivity index (χ3v) is 6.47. The van der Waals surface area contributed by atoms with Gasteiger partial charge in [0.05, 0.1) is 0 Å². The molecular weight excluding hydrogens is 236 g/mol. The first kappa shape index (κ1) is 12.2. The molecule has 5 aliphatic rings. The number of amides is 1. The molecule has 1 amide bonds. The number of carbonyl (C=O) groups is 1. The van der Waals surface area contributed by atoms with Gasteiger partial charge in [-0.1, -0.05) is 6.92 Å². The van der Waals surface area contributed by atoms with Gasteiger partial charge in [-0.3, -0.25) is 4.79 Å². The second-order valence-electron chi connectivity index (χ2n) is 7.67. The third kappa shape index (κ3) is 2.01. The molecule has 0 aromatic rings. The largest absolute Gasteiger partial charge is 0.353 e. The molecule has 0 radical (unpaired) electrons. The maximum atomic E-state index is 12.4. The zero-order valence-corrected chi connectivity index (χ0v) is 11.9. The van der Waals surface area contributed by atoms with Crippen LogP contribution in [-0.2, 0) is 4.79 Å². The van der Waals surface area contributed by atoms with Crippen LogP contribution in [0.1, 0.15) is 39.0 Å². The molecular formula is C16H26N2O. The molecule has 3 heteroatoms. The van der Waals surface area contributed by atoms with Crippen LogP contribution in [0.2, 0.25) is 0 Å². The fourth-order valence-electron chi connectivity index (χ4n) is 5.34. The standard InChI is InChI=1S/C16H26N2O/c1-9(14-7-17-8-14)16(19)18-15-12-3-10-2-11(5-12)6-13(15)4-10/h9-15,17H,2-8H2,1H3,(H,18,19). The molecule has 1 saturated heterocycles. The van der Waals surface area contributed by atoms with Crippen LogP contribution < -0.4 is 10.6 Å². The number of nitrogens with one attached hydrogen (secondary N) is 2. The van der Waals surface area contributed by atoms with Crippen molar-refractivity contribution in [3.05, 3.63) is 0 Å². The highest BCUT2D eigenvalue weighted by Gasteiger charge is 2.49. The predicted molar refractivity (Wildman–Crippen MR) is 74.5 cm³/mol. The fraction of sp³-hybridized carbons (Fsp3) is 0.938. The van der Waals surface area contributed by atoms with Gasteiger partial charge in [0.15, 0.2) is 0 Å². The van der Waals surface area contributed by atoms with E-state index in [0.29, 0.717) is 17.9 Å². The molecule has 4 aliphatic carbocycles. The van der Waals surface area contributed by atoms with E-state index in [1.807, 2.05) is 0 Å². The van der Waals surface area contributed by atoms with Gasteiger partial charge in [-0.25, -0.2) is 0 Å². The molecule has 0 spiro atoms. The van der Waals surface area contributed by atoms with Crippen LogP contribution in [0, 0.1) is 35.5 Å². The van der Waals surface area contributed by atoms with Gasteiger partial charge in [-0.15, -0.1) is 0 Å². The molecule has 1 heterocycles. The number of hydrogen-bond donors (Lipinski definition) is 2. The maximum Gasteiger partial charge on any atom is 0.223 e. The normalized spacial score (nSPS) is 45.8. The molecule has 1 aliphatic heterocycles. The van der Waals surface area contributed by atoms with Gasteiger partial charge >= 0.3 is 0 Å². The van der Waals surface area contributed by atoms with Crippen LogP contribution in [0.5, 0.6) is 0 Å². The summed E-state index contributed by atoms with van der Waals surface area (Å²) >= 11 is 0. The van der Waals surface area contributed by atoms with Crippen LogP contribution in [0.4, 0.5) is 0 Å². The van der Waals surface area contributed by atoms with Crippen LogP contribution in [0.25, 0.3) is 0 Å². The summed E-state index contributed by atoms with van der Waals surface area (Å²) in [7, 11) is 0. The number of carbonyl (C=O) groups excluding carboxylic acids is 1. The van der Waals surface area contributed by atoms with Crippen molar-refractivity contribution in [1.29, 1.82) is 0 Å². The van der Waals surface area contributed by atoms with E-state index in [4.69, 9.17) is 0 Å². The Balaban J connectivity index is 1.41. The van der Waals surface area contributed by atoms with E-state index in [2.05, 4.69) is 17.6 Å². The second-order valence-corrected chi connectivity index (χ2v) is 7.67. The van der Waals surface area contributed by atoms with E-state index in [0.717, 1.165) is 36.8 Å². The van der Waals surface area contributed by atoms with Crippen molar-refractivity contribution >= 4 is 5.91 Å². The van der Waals surface area contributed by atoms with E-state index in [-0.39, 0.29) is 5.92 Å². The summed E-state index contributed by atoms with van der Waals surface area (Å²) in [6.07, 6.45) is 7.03. The van der Waals surface area contributed by atoms with Crippen LogP contribution in [-0.4, -0.2) is 25.0 Å². The van der Waals surface area contributed by atoms with Crippen molar-refractivity contribution in [2.45, 2.75) is 45.1 Å². The summed E-state index contributed by atoms with van der Waals surface area (Å²) in [4.78, 5) is 12.4. The Bertz CT molecular complexity index is 349. The molecule has 1 atom stereocenters. The molecule has 1 unspecified atom stereocenters. The lowest BCUT2D eigenvalue weighted by Crippen LogP contribution is -2.58.